The van der Waals surface area contributed by atoms with Crippen molar-refractivity contribution < 1.29 is 27.8 Å². The van der Waals surface area contributed by atoms with E-state index in [-0.39, 0.29) is 35.7 Å². The van der Waals surface area contributed by atoms with Gasteiger partial charge in [0, 0.05) is 31.1 Å². The number of carbonyl (C=O) groups excluding carboxylic acids is 1. The molecule has 2 aliphatic rings. The van der Waals surface area contributed by atoms with E-state index >= 15 is 0 Å². The number of rotatable bonds is 6. The van der Waals surface area contributed by atoms with Crippen LogP contribution in [-0.2, 0) is 21.3 Å². The highest BCUT2D eigenvalue weighted by atomic mass is 19.4. The Kier molecular flexibility index (Phi) is 7.45. The van der Waals surface area contributed by atoms with Crippen molar-refractivity contribution in [2.75, 3.05) is 36.5 Å². The molecule has 3 aromatic rings. The molecule has 0 aromatic heterocycles. The van der Waals surface area contributed by atoms with Crippen LogP contribution in [0.2, 0.25) is 0 Å². The predicted octanol–water partition coefficient (Wildman–Crippen LogP) is 5.83. The molecule has 0 saturated carbocycles. The Hall–Kier alpha value is -3.36. The molecule has 0 aliphatic carbocycles. The normalized spacial score (nSPS) is 18.9. The van der Waals surface area contributed by atoms with Gasteiger partial charge in [0.05, 0.1) is 18.1 Å². The van der Waals surface area contributed by atoms with Crippen LogP contribution < -0.4 is 10.2 Å². The quantitative estimate of drug-likeness (QED) is 0.426. The van der Waals surface area contributed by atoms with Crippen molar-refractivity contribution in [2.45, 2.75) is 31.0 Å². The SMILES string of the molecule is O=C(Nc1ccc(N2CCC(C(O)(c3ccccc3)c3ccccc3)CC2)c(C(F)(F)F)c1)C1CCOC1. The van der Waals surface area contributed by atoms with Crippen LogP contribution >= 0.6 is 0 Å². The van der Waals surface area contributed by atoms with Crippen molar-refractivity contribution in [3.8, 4) is 0 Å². The highest BCUT2D eigenvalue weighted by Gasteiger charge is 2.43. The van der Waals surface area contributed by atoms with E-state index < -0.39 is 17.3 Å². The van der Waals surface area contributed by atoms with Gasteiger partial charge in [-0.15, -0.1) is 0 Å². The van der Waals surface area contributed by atoms with Gasteiger partial charge in [0.2, 0.25) is 5.91 Å². The number of alkyl halides is 3. The van der Waals surface area contributed by atoms with E-state index in [4.69, 9.17) is 4.74 Å². The third kappa shape index (κ3) is 5.28. The van der Waals surface area contributed by atoms with Crippen LogP contribution in [0.5, 0.6) is 0 Å². The minimum Gasteiger partial charge on any atom is -0.381 e. The first-order valence-corrected chi connectivity index (χ1v) is 12.9. The second-order valence-corrected chi connectivity index (χ2v) is 10.0. The zero-order chi connectivity index (χ0) is 26.8. The fourth-order valence-corrected chi connectivity index (χ4v) is 5.66. The van der Waals surface area contributed by atoms with Gasteiger partial charge in [-0.3, -0.25) is 4.79 Å². The van der Waals surface area contributed by atoms with Crippen LogP contribution in [0.1, 0.15) is 36.0 Å². The summed E-state index contributed by atoms with van der Waals surface area (Å²) < 4.78 is 47.6. The fraction of sp³-hybridized carbons (Fsp3) is 0.367. The lowest BCUT2D eigenvalue weighted by molar-refractivity contribution is -0.137. The summed E-state index contributed by atoms with van der Waals surface area (Å²) >= 11 is 0. The number of nitrogens with one attached hydrogen (secondary N) is 1. The molecule has 0 spiro atoms. The number of amides is 1. The zero-order valence-electron chi connectivity index (χ0n) is 21.0. The molecule has 2 saturated heterocycles. The van der Waals surface area contributed by atoms with Gasteiger partial charge in [-0.05, 0) is 54.5 Å². The predicted molar refractivity (Wildman–Crippen MR) is 140 cm³/mol. The highest BCUT2D eigenvalue weighted by molar-refractivity contribution is 5.93. The number of piperidine rings is 1. The van der Waals surface area contributed by atoms with Crippen LogP contribution in [0, 0.1) is 11.8 Å². The van der Waals surface area contributed by atoms with Crippen LogP contribution in [0.15, 0.2) is 78.9 Å². The monoisotopic (exact) mass is 524 g/mol. The third-order valence-electron chi connectivity index (χ3n) is 7.72. The molecule has 200 valence electrons. The lowest BCUT2D eigenvalue weighted by Gasteiger charge is -2.43. The van der Waals surface area contributed by atoms with Gasteiger partial charge in [0.25, 0.3) is 0 Å². The largest absolute Gasteiger partial charge is 0.418 e. The molecule has 2 aliphatic heterocycles. The number of carbonyl (C=O) groups is 1. The average Bonchev–Trinajstić information content (AvgIpc) is 3.49. The summed E-state index contributed by atoms with van der Waals surface area (Å²) in [6.07, 6.45) is -3.00. The molecule has 1 amide bonds. The summed E-state index contributed by atoms with van der Waals surface area (Å²) in [5.74, 6) is -0.855. The molecule has 2 heterocycles. The van der Waals surface area contributed by atoms with Crippen LogP contribution in [0.4, 0.5) is 24.5 Å². The number of nitrogens with zero attached hydrogens (tertiary/aromatic N) is 1. The van der Waals surface area contributed by atoms with Gasteiger partial charge in [0.15, 0.2) is 0 Å². The number of hydrogen-bond acceptors (Lipinski definition) is 4. The van der Waals surface area contributed by atoms with Gasteiger partial charge >= 0.3 is 6.18 Å². The Morgan fingerprint density at radius 3 is 2.03 bits per heavy atom. The summed E-state index contributed by atoms with van der Waals surface area (Å²) in [7, 11) is 0. The Morgan fingerprint density at radius 1 is 0.895 bits per heavy atom. The molecular weight excluding hydrogens is 493 g/mol. The van der Waals surface area contributed by atoms with Crippen molar-refractivity contribution in [3.63, 3.8) is 0 Å². The first kappa shape index (κ1) is 26.3. The summed E-state index contributed by atoms with van der Waals surface area (Å²) in [4.78, 5) is 14.1. The Bertz CT molecular complexity index is 1200. The lowest BCUT2D eigenvalue weighted by Crippen LogP contribution is -2.44. The summed E-state index contributed by atoms with van der Waals surface area (Å²) in [6.45, 7) is 1.48. The van der Waals surface area contributed by atoms with E-state index in [1.54, 1.807) is 4.90 Å². The summed E-state index contributed by atoms with van der Waals surface area (Å²) in [6, 6.07) is 22.9. The van der Waals surface area contributed by atoms with Crippen molar-refractivity contribution in [1.29, 1.82) is 0 Å². The van der Waals surface area contributed by atoms with Crippen molar-refractivity contribution in [2.24, 2.45) is 11.8 Å². The number of benzene rings is 3. The van der Waals surface area contributed by atoms with Crippen molar-refractivity contribution in [1.82, 2.24) is 0 Å². The van der Waals surface area contributed by atoms with Gasteiger partial charge < -0.3 is 20.1 Å². The van der Waals surface area contributed by atoms with Gasteiger partial charge in [-0.2, -0.15) is 13.2 Å². The van der Waals surface area contributed by atoms with E-state index in [0.717, 1.165) is 17.2 Å². The number of halogens is 3. The minimum absolute atomic E-state index is 0.0844. The topological polar surface area (TPSA) is 61.8 Å². The van der Waals surface area contributed by atoms with E-state index in [0.29, 0.717) is 39.0 Å². The van der Waals surface area contributed by atoms with E-state index in [1.165, 1.54) is 12.1 Å². The number of hydrogen-bond donors (Lipinski definition) is 2. The first-order valence-electron chi connectivity index (χ1n) is 12.9. The maximum Gasteiger partial charge on any atom is 0.418 e. The zero-order valence-corrected chi connectivity index (χ0v) is 21.0. The lowest BCUT2D eigenvalue weighted by atomic mass is 9.72. The number of aliphatic hydroxyl groups is 1. The van der Waals surface area contributed by atoms with Crippen LogP contribution in [-0.4, -0.2) is 37.3 Å². The van der Waals surface area contributed by atoms with E-state index in [9.17, 15) is 23.1 Å². The minimum atomic E-state index is -4.59. The highest BCUT2D eigenvalue weighted by Crippen LogP contribution is 2.44. The molecule has 5 nitrogen and oxygen atoms in total. The van der Waals surface area contributed by atoms with Crippen LogP contribution in [0.25, 0.3) is 0 Å². The standard InChI is InChI=1S/C30H31F3N2O3/c31-30(32,33)26-19-25(34-28(36)21-15-18-38-20-21)11-12-27(26)35-16-13-24(14-17-35)29(37,22-7-3-1-4-8-22)23-9-5-2-6-10-23/h1-12,19,21,24,37H,13-18,20H2,(H,34,36). The second kappa shape index (κ2) is 10.8. The molecule has 38 heavy (non-hydrogen) atoms. The molecule has 2 fully saturated rings. The fourth-order valence-electron chi connectivity index (χ4n) is 5.66. The Labute approximate surface area is 220 Å². The molecule has 1 atom stereocenters. The molecule has 8 heteroatoms. The van der Waals surface area contributed by atoms with E-state index in [1.807, 2.05) is 60.7 Å². The van der Waals surface area contributed by atoms with Gasteiger partial charge in [0.1, 0.15) is 5.60 Å². The maximum absolute atomic E-state index is 14.1. The molecule has 1 unspecified atom stereocenters. The molecule has 0 bridgehead atoms. The van der Waals surface area contributed by atoms with Crippen molar-refractivity contribution >= 4 is 17.3 Å². The molecule has 5 rings (SSSR count). The van der Waals surface area contributed by atoms with E-state index in [2.05, 4.69) is 5.32 Å². The van der Waals surface area contributed by atoms with Gasteiger partial charge in [-0.1, -0.05) is 60.7 Å². The third-order valence-corrected chi connectivity index (χ3v) is 7.72. The number of anilines is 2. The number of ether oxygens (including phenoxy) is 1. The smallest absolute Gasteiger partial charge is 0.381 e. The maximum atomic E-state index is 14.1. The van der Waals surface area contributed by atoms with Gasteiger partial charge in [-0.25, -0.2) is 0 Å². The average molecular weight is 525 g/mol. The molecule has 0 radical (unpaired) electrons. The molecule has 2 N–H and O–H groups in total. The first-order chi connectivity index (χ1) is 18.3. The Balaban J connectivity index is 1.37. The summed E-state index contributed by atoms with van der Waals surface area (Å²) in [5, 5.41) is 14.7. The van der Waals surface area contributed by atoms with Crippen LogP contribution in [0.3, 0.4) is 0 Å². The second-order valence-electron chi connectivity index (χ2n) is 10.0. The molecule has 3 aromatic carbocycles. The van der Waals surface area contributed by atoms with Crippen molar-refractivity contribution in [3.05, 3.63) is 95.6 Å². The molecular formula is C30H31F3N2O3. The Morgan fingerprint density at radius 2 is 1.50 bits per heavy atom. The summed E-state index contributed by atoms with van der Waals surface area (Å²) in [5.41, 5.74) is -0.282.